The third kappa shape index (κ3) is 3.38. The van der Waals surface area contributed by atoms with Gasteiger partial charge in [0.25, 0.3) is 0 Å². The van der Waals surface area contributed by atoms with Crippen LogP contribution in [0.2, 0.25) is 0 Å². The van der Waals surface area contributed by atoms with E-state index in [0.717, 1.165) is 19.8 Å². The molecular weight excluding hydrogens is 174 g/mol. The number of aryl methyl sites for hydroxylation is 2. The van der Waals surface area contributed by atoms with Crippen LogP contribution in [0.15, 0.2) is 18.2 Å². The van der Waals surface area contributed by atoms with E-state index < -0.39 is 0 Å². The van der Waals surface area contributed by atoms with Crippen molar-refractivity contribution in [2.75, 3.05) is 25.1 Å². The van der Waals surface area contributed by atoms with Crippen LogP contribution in [0.1, 0.15) is 18.1 Å². The van der Waals surface area contributed by atoms with Gasteiger partial charge < -0.3 is 10.1 Å². The number of hydrogen-bond acceptors (Lipinski definition) is 2. The van der Waals surface area contributed by atoms with Crippen LogP contribution in [0, 0.1) is 13.8 Å². The summed E-state index contributed by atoms with van der Waals surface area (Å²) in [6.45, 7) is 8.67. The van der Waals surface area contributed by atoms with Crippen molar-refractivity contribution < 1.29 is 4.74 Å². The molecule has 0 bridgehead atoms. The van der Waals surface area contributed by atoms with Crippen molar-refractivity contribution in [2.24, 2.45) is 0 Å². The van der Waals surface area contributed by atoms with E-state index in [1.807, 2.05) is 6.92 Å². The summed E-state index contributed by atoms with van der Waals surface area (Å²) in [5.74, 6) is 0. The van der Waals surface area contributed by atoms with E-state index in [-0.39, 0.29) is 0 Å². The minimum Gasteiger partial charge on any atom is -0.383 e. The van der Waals surface area contributed by atoms with Crippen molar-refractivity contribution in [1.82, 2.24) is 0 Å². The van der Waals surface area contributed by atoms with E-state index in [2.05, 4.69) is 37.4 Å². The monoisotopic (exact) mass is 193 g/mol. The Kier molecular flexibility index (Phi) is 4.47. The van der Waals surface area contributed by atoms with Gasteiger partial charge in [-0.1, -0.05) is 17.7 Å². The molecule has 0 unspecified atom stereocenters. The van der Waals surface area contributed by atoms with Gasteiger partial charge in [-0.05, 0) is 32.4 Å². The highest BCUT2D eigenvalue weighted by molar-refractivity contribution is 5.51. The van der Waals surface area contributed by atoms with Gasteiger partial charge >= 0.3 is 0 Å². The van der Waals surface area contributed by atoms with Gasteiger partial charge in [0.2, 0.25) is 0 Å². The quantitative estimate of drug-likeness (QED) is 0.726. The molecule has 1 aromatic carbocycles. The summed E-state index contributed by atoms with van der Waals surface area (Å²) in [6, 6.07) is 6.43. The second-order valence-corrected chi connectivity index (χ2v) is 3.44. The zero-order valence-electron chi connectivity index (χ0n) is 9.26. The highest BCUT2D eigenvalue weighted by atomic mass is 16.5. The second kappa shape index (κ2) is 5.66. The van der Waals surface area contributed by atoms with Crippen LogP contribution in [0.3, 0.4) is 0 Å². The lowest BCUT2D eigenvalue weighted by atomic mass is 10.1. The number of hydrogen-bond donors (Lipinski definition) is 1. The lowest BCUT2D eigenvalue weighted by Crippen LogP contribution is -2.09. The Morgan fingerprint density at radius 2 is 2.07 bits per heavy atom. The summed E-state index contributed by atoms with van der Waals surface area (Å²) < 4.78 is 5.26. The number of anilines is 1. The van der Waals surface area contributed by atoms with Crippen molar-refractivity contribution in [3.63, 3.8) is 0 Å². The zero-order valence-corrected chi connectivity index (χ0v) is 9.26. The predicted octanol–water partition coefficient (Wildman–Crippen LogP) is 2.75. The number of benzene rings is 1. The van der Waals surface area contributed by atoms with Gasteiger partial charge in [-0.15, -0.1) is 0 Å². The van der Waals surface area contributed by atoms with Gasteiger partial charge in [-0.2, -0.15) is 0 Å². The maximum Gasteiger partial charge on any atom is 0.0638 e. The molecule has 1 aromatic rings. The largest absolute Gasteiger partial charge is 0.383 e. The standard InChI is InChI=1S/C12H19NO/c1-4-14-8-7-13-12-6-5-10(2)9-11(12)3/h5-6,9,13H,4,7-8H2,1-3H3. The molecule has 0 aliphatic rings. The third-order valence-electron chi connectivity index (χ3n) is 2.15. The normalized spacial score (nSPS) is 10.2. The Balaban J connectivity index is 2.42. The fourth-order valence-electron chi connectivity index (χ4n) is 1.41. The Bertz CT molecular complexity index is 284. The van der Waals surface area contributed by atoms with Crippen molar-refractivity contribution in [2.45, 2.75) is 20.8 Å². The molecule has 0 spiro atoms. The van der Waals surface area contributed by atoms with Crippen molar-refractivity contribution >= 4 is 5.69 Å². The number of ether oxygens (including phenoxy) is 1. The minimum absolute atomic E-state index is 0.768. The molecule has 0 aliphatic heterocycles. The van der Waals surface area contributed by atoms with E-state index in [4.69, 9.17) is 4.74 Å². The van der Waals surface area contributed by atoms with Crippen LogP contribution < -0.4 is 5.32 Å². The third-order valence-corrected chi connectivity index (χ3v) is 2.15. The molecule has 1 N–H and O–H groups in total. The average Bonchev–Trinajstić information content (AvgIpc) is 2.15. The Labute approximate surface area is 86.3 Å². The molecule has 0 saturated heterocycles. The van der Waals surface area contributed by atoms with E-state index in [1.165, 1.54) is 16.8 Å². The number of nitrogens with one attached hydrogen (secondary N) is 1. The summed E-state index contributed by atoms with van der Waals surface area (Å²) in [5.41, 5.74) is 3.80. The van der Waals surface area contributed by atoms with Crippen LogP contribution in [0.5, 0.6) is 0 Å². The maximum absolute atomic E-state index is 5.26. The van der Waals surface area contributed by atoms with E-state index in [1.54, 1.807) is 0 Å². The molecule has 0 aromatic heterocycles. The topological polar surface area (TPSA) is 21.3 Å². The summed E-state index contributed by atoms with van der Waals surface area (Å²) in [6.07, 6.45) is 0. The Hall–Kier alpha value is -1.02. The fourth-order valence-corrected chi connectivity index (χ4v) is 1.41. The average molecular weight is 193 g/mol. The zero-order chi connectivity index (χ0) is 10.4. The molecule has 0 aliphatic carbocycles. The molecule has 78 valence electrons. The molecule has 0 saturated carbocycles. The van der Waals surface area contributed by atoms with Crippen LogP contribution in [-0.2, 0) is 4.74 Å². The molecule has 0 fully saturated rings. The highest BCUT2D eigenvalue weighted by Crippen LogP contribution is 2.15. The van der Waals surface area contributed by atoms with Crippen molar-refractivity contribution in [3.8, 4) is 0 Å². The van der Waals surface area contributed by atoms with Gasteiger partial charge in [0.1, 0.15) is 0 Å². The van der Waals surface area contributed by atoms with Crippen LogP contribution >= 0.6 is 0 Å². The van der Waals surface area contributed by atoms with E-state index in [0.29, 0.717) is 0 Å². The second-order valence-electron chi connectivity index (χ2n) is 3.44. The Morgan fingerprint density at radius 3 is 2.71 bits per heavy atom. The molecule has 0 amide bonds. The lowest BCUT2D eigenvalue weighted by molar-refractivity contribution is 0.158. The molecule has 14 heavy (non-hydrogen) atoms. The van der Waals surface area contributed by atoms with Gasteiger partial charge in [0.05, 0.1) is 6.61 Å². The molecule has 2 nitrogen and oxygen atoms in total. The first-order chi connectivity index (χ1) is 6.74. The summed E-state index contributed by atoms with van der Waals surface area (Å²) in [5, 5.41) is 3.35. The van der Waals surface area contributed by atoms with Crippen LogP contribution in [-0.4, -0.2) is 19.8 Å². The van der Waals surface area contributed by atoms with Gasteiger partial charge in [-0.25, -0.2) is 0 Å². The summed E-state index contributed by atoms with van der Waals surface area (Å²) in [7, 11) is 0. The predicted molar refractivity (Wildman–Crippen MR) is 60.9 cm³/mol. The van der Waals surface area contributed by atoms with E-state index in [9.17, 15) is 0 Å². The molecule has 2 heteroatoms. The molecule has 0 radical (unpaired) electrons. The maximum atomic E-state index is 5.26. The molecule has 0 atom stereocenters. The first kappa shape index (κ1) is 11.1. The van der Waals surface area contributed by atoms with Crippen molar-refractivity contribution in [3.05, 3.63) is 29.3 Å². The summed E-state index contributed by atoms with van der Waals surface area (Å²) >= 11 is 0. The van der Waals surface area contributed by atoms with Gasteiger partial charge in [-0.3, -0.25) is 0 Å². The van der Waals surface area contributed by atoms with Crippen molar-refractivity contribution in [1.29, 1.82) is 0 Å². The van der Waals surface area contributed by atoms with Gasteiger partial charge in [0.15, 0.2) is 0 Å². The number of rotatable bonds is 5. The molecular formula is C12H19NO. The first-order valence-corrected chi connectivity index (χ1v) is 5.13. The smallest absolute Gasteiger partial charge is 0.0638 e. The fraction of sp³-hybridized carbons (Fsp3) is 0.500. The van der Waals surface area contributed by atoms with Gasteiger partial charge in [0, 0.05) is 18.8 Å². The Morgan fingerprint density at radius 1 is 1.29 bits per heavy atom. The van der Waals surface area contributed by atoms with Crippen LogP contribution in [0.4, 0.5) is 5.69 Å². The SMILES string of the molecule is CCOCCNc1ccc(C)cc1C. The van der Waals surface area contributed by atoms with E-state index >= 15 is 0 Å². The van der Waals surface area contributed by atoms with Crippen LogP contribution in [0.25, 0.3) is 0 Å². The minimum atomic E-state index is 0.768. The molecule has 1 rings (SSSR count). The lowest BCUT2D eigenvalue weighted by Gasteiger charge is -2.09. The first-order valence-electron chi connectivity index (χ1n) is 5.13. The highest BCUT2D eigenvalue weighted by Gasteiger charge is 1.96. The summed E-state index contributed by atoms with van der Waals surface area (Å²) in [4.78, 5) is 0. The molecule has 0 heterocycles.